The highest BCUT2D eigenvalue weighted by molar-refractivity contribution is 5.83. The molecule has 0 spiro atoms. The largest absolute Gasteiger partial charge is 0.390 e. The second kappa shape index (κ2) is 5.70. The molecule has 0 radical (unpaired) electrons. The molecule has 1 aliphatic rings. The molecule has 2 aromatic rings. The fourth-order valence-corrected chi connectivity index (χ4v) is 3.10. The van der Waals surface area contributed by atoms with E-state index in [0.29, 0.717) is 18.4 Å². The SMILES string of the molecule is CN(C(=O)Cn1ccc2ccc(F)cc21)[C@@H]1CC[C@@H](O)[C@@H]1O. The number of aliphatic hydroxyl groups is 2. The van der Waals surface area contributed by atoms with E-state index in [1.165, 1.54) is 17.0 Å². The minimum Gasteiger partial charge on any atom is -0.390 e. The lowest BCUT2D eigenvalue weighted by molar-refractivity contribution is -0.135. The Morgan fingerprint density at radius 3 is 2.82 bits per heavy atom. The van der Waals surface area contributed by atoms with E-state index < -0.39 is 12.2 Å². The summed E-state index contributed by atoms with van der Waals surface area (Å²) in [6.45, 7) is 0.0722. The Hall–Kier alpha value is -1.92. The van der Waals surface area contributed by atoms with Crippen molar-refractivity contribution in [3.8, 4) is 0 Å². The number of carbonyl (C=O) groups is 1. The first-order valence-corrected chi connectivity index (χ1v) is 7.33. The summed E-state index contributed by atoms with van der Waals surface area (Å²) in [5.74, 6) is -0.525. The molecular formula is C16H19FN2O3. The Morgan fingerprint density at radius 2 is 2.14 bits per heavy atom. The zero-order valence-electron chi connectivity index (χ0n) is 12.3. The summed E-state index contributed by atoms with van der Waals surface area (Å²) in [6.07, 6.45) is 1.12. The van der Waals surface area contributed by atoms with Crippen LogP contribution in [0.5, 0.6) is 0 Å². The van der Waals surface area contributed by atoms with Crippen molar-refractivity contribution in [3.63, 3.8) is 0 Å². The van der Waals surface area contributed by atoms with Gasteiger partial charge in [0, 0.05) is 13.2 Å². The second-order valence-corrected chi connectivity index (χ2v) is 5.85. The first-order chi connectivity index (χ1) is 10.5. The number of amides is 1. The molecule has 0 unspecified atom stereocenters. The average Bonchev–Trinajstić information content (AvgIpc) is 3.03. The number of aliphatic hydroxyl groups excluding tert-OH is 2. The van der Waals surface area contributed by atoms with Crippen molar-refractivity contribution in [2.24, 2.45) is 0 Å². The molecule has 1 saturated carbocycles. The van der Waals surface area contributed by atoms with E-state index in [9.17, 15) is 19.4 Å². The Labute approximate surface area is 127 Å². The van der Waals surface area contributed by atoms with Crippen molar-refractivity contribution < 1.29 is 19.4 Å². The molecule has 3 atom stereocenters. The summed E-state index contributed by atoms with van der Waals surface area (Å²) in [5, 5.41) is 20.4. The fourth-order valence-electron chi connectivity index (χ4n) is 3.10. The predicted molar refractivity (Wildman–Crippen MR) is 79.7 cm³/mol. The molecule has 5 nitrogen and oxygen atoms in total. The standard InChI is InChI=1S/C16H19FN2O3/c1-18(12-4-5-14(20)16(12)22)15(21)9-19-7-6-10-2-3-11(17)8-13(10)19/h2-3,6-8,12,14,16,20,22H,4-5,9H2,1H3/t12-,14-,16-/m1/s1. The third-order valence-corrected chi connectivity index (χ3v) is 4.48. The Balaban J connectivity index is 1.77. The quantitative estimate of drug-likeness (QED) is 0.893. The highest BCUT2D eigenvalue weighted by atomic mass is 19.1. The highest BCUT2D eigenvalue weighted by Gasteiger charge is 2.37. The van der Waals surface area contributed by atoms with Gasteiger partial charge in [0.1, 0.15) is 18.5 Å². The molecule has 0 aliphatic heterocycles. The first-order valence-electron chi connectivity index (χ1n) is 7.33. The predicted octanol–water partition coefficient (Wildman–Crippen LogP) is 1.12. The molecule has 1 fully saturated rings. The Kier molecular flexibility index (Phi) is 3.88. The van der Waals surface area contributed by atoms with E-state index in [0.717, 1.165) is 5.39 Å². The molecule has 1 amide bonds. The fraction of sp³-hybridized carbons (Fsp3) is 0.438. The summed E-state index contributed by atoms with van der Waals surface area (Å²) in [5.41, 5.74) is 0.661. The van der Waals surface area contributed by atoms with Crippen LogP contribution in [-0.2, 0) is 11.3 Å². The molecular weight excluding hydrogens is 287 g/mol. The van der Waals surface area contributed by atoms with Crippen molar-refractivity contribution in [1.82, 2.24) is 9.47 Å². The van der Waals surface area contributed by atoms with E-state index in [-0.39, 0.29) is 24.3 Å². The van der Waals surface area contributed by atoms with Crippen LogP contribution < -0.4 is 0 Å². The van der Waals surface area contributed by atoms with Gasteiger partial charge in [-0.05, 0) is 42.5 Å². The van der Waals surface area contributed by atoms with Gasteiger partial charge in [-0.3, -0.25) is 4.79 Å². The first kappa shape index (κ1) is 15.0. The molecule has 22 heavy (non-hydrogen) atoms. The van der Waals surface area contributed by atoms with E-state index in [2.05, 4.69) is 0 Å². The van der Waals surface area contributed by atoms with Gasteiger partial charge in [0.25, 0.3) is 0 Å². The Bertz CT molecular complexity index is 700. The molecule has 2 N–H and O–H groups in total. The molecule has 3 rings (SSSR count). The van der Waals surface area contributed by atoms with Crippen molar-refractivity contribution in [2.45, 2.75) is 37.6 Å². The van der Waals surface area contributed by atoms with Gasteiger partial charge in [-0.15, -0.1) is 0 Å². The van der Waals surface area contributed by atoms with Crippen LogP contribution in [-0.4, -0.2) is 50.9 Å². The van der Waals surface area contributed by atoms with Gasteiger partial charge in [0.2, 0.25) is 5.91 Å². The lowest BCUT2D eigenvalue weighted by Crippen LogP contribution is -2.45. The second-order valence-electron chi connectivity index (χ2n) is 5.85. The number of aromatic nitrogens is 1. The topological polar surface area (TPSA) is 65.7 Å². The van der Waals surface area contributed by atoms with Gasteiger partial charge in [0.15, 0.2) is 0 Å². The highest BCUT2D eigenvalue weighted by Crippen LogP contribution is 2.24. The van der Waals surface area contributed by atoms with Crippen LogP contribution in [0.4, 0.5) is 4.39 Å². The number of likely N-dealkylation sites (N-methyl/N-ethyl adjacent to an activating group) is 1. The number of hydrogen-bond donors (Lipinski definition) is 2. The number of carbonyl (C=O) groups excluding carboxylic acids is 1. The number of hydrogen-bond acceptors (Lipinski definition) is 3. The number of rotatable bonds is 3. The van der Waals surface area contributed by atoms with Crippen molar-refractivity contribution in [1.29, 1.82) is 0 Å². The molecule has 6 heteroatoms. The lowest BCUT2D eigenvalue weighted by atomic mass is 10.2. The average molecular weight is 306 g/mol. The van der Waals surface area contributed by atoms with Crippen LogP contribution in [0.15, 0.2) is 30.5 Å². The normalized spacial score (nSPS) is 24.8. The zero-order chi connectivity index (χ0) is 15.9. The van der Waals surface area contributed by atoms with E-state index in [1.807, 2.05) is 6.07 Å². The van der Waals surface area contributed by atoms with Crippen LogP contribution >= 0.6 is 0 Å². The van der Waals surface area contributed by atoms with Gasteiger partial charge >= 0.3 is 0 Å². The Morgan fingerprint density at radius 1 is 1.36 bits per heavy atom. The minimum absolute atomic E-state index is 0.0722. The molecule has 1 aromatic carbocycles. The molecule has 0 saturated heterocycles. The summed E-state index contributed by atoms with van der Waals surface area (Å²) >= 11 is 0. The number of halogens is 1. The summed E-state index contributed by atoms with van der Waals surface area (Å²) < 4.78 is 15.1. The maximum atomic E-state index is 13.4. The molecule has 0 bridgehead atoms. The zero-order valence-corrected chi connectivity index (χ0v) is 12.3. The molecule has 118 valence electrons. The third kappa shape index (κ3) is 2.60. The lowest BCUT2D eigenvalue weighted by Gasteiger charge is -2.28. The smallest absolute Gasteiger partial charge is 0.242 e. The third-order valence-electron chi connectivity index (χ3n) is 4.48. The summed E-state index contributed by atoms with van der Waals surface area (Å²) in [7, 11) is 1.63. The van der Waals surface area contributed by atoms with Crippen LogP contribution in [0.1, 0.15) is 12.8 Å². The van der Waals surface area contributed by atoms with Crippen LogP contribution in [0.2, 0.25) is 0 Å². The van der Waals surface area contributed by atoms with Crippen molar-refractivity contribution in [3.05, 3.63) is 36.3 Å². The monoisotopic (exact) mass is 306 g/mol. The minimum atomic E-state index is -0.909. The van der Waals surface area contributed by atoms with Crippen molar-refractivity contribution >= 4 is 16.8 Å². The molecule has 1 heterocycles. The maximum absolute atomic E-state index is 13.4. The van der Waals surface area contributed by atoms with Gasteiger partial charge in [0.05, 0.1) is 17.7 Å². The number of benzene rings is 1. The van der Waals surface area contributed by atoms with Crippen molar-refractivity contribution in [2.75, 3.05) is 7.05 Å². The molecule has 1 aliphatic carbocycles. The molecule has 1 aromatic heterocycles. The van der Waals surface area contributed by atoms with Gasteiger partial charge in [-0.1, -0.05) is 0 Å². The van der Waals surface area contributed by atoms with Gasteiger partial charge < -0.3 is 19.7 Å². The van der Waals surface area contributed by atoms with E-state index in [4.69, 9.17) is 0 Å². The van der Waals surface area contributed by atoms with Crippen LogP contribution in [0.25, 0.3) is 10.9 Å². The summed E-state index contributed by atoms with van der Waals surface area (Å²) in [6, 6.07) is 5.91. The van der Waals surface area contributed by atoms with E-state index >= 15 is 0 Å². The van der Waals surface area contributed by atoms with Gasteiger partial charge in [-0.2, -0.15) is 0 Å². The van der Waals surface area contributed by atoms with E-state index in [1.54, 1.807) is 23.9 Å². The summed E-state index contributed by atoms with van der Waals surface area (Å²) in [4.78, 5) is 13.9. The van der Waals surface area contributed by atoms with Crippen LogP contribution in [0.3, 0.4) is 0 Å². The number of nitrogens with zero attached hydrogens (tertiary/aromatic N) is 2. The van der Waals surface area contributed by atoms with Crippen LogP contribution in [0, 0.1) is 5.82 Å². The maximum Gasteiger partial charge on any atom is 0.242 e. The number of fused-ring (bicyclic) bond motifs is 1. The van der Waals surface area contributed by atoms with Gasteiger partial charge in [-0.25, -0.2) is 4.39 Å².